The van der Waals surface area contributed by atoms with E-state index in [-0.39, 0.29) is 0 Å². The molecule has 2 atom stereocenters. The van der Waals surface area contributed by atoms with E-state index in [1.165, 1.54) is 0 Å². The van der Waals surface area contributed by atoms with Gasteiger partial charge in [-0.2, -0.15) is 0 Å². The first kappa shape index (κ1) is 14.8. The van der Waals surface area contributed by atoms with Crippen molar-refractivity contribution in [3.8, 4) is 11.8 Å². The van der Waals surface area contributed by atoms with E-state index in [9.17, 15) is 10.2 Å². The number of hydrogen-bond donors (Lipinski definition) is 2. The Bertz CT molecular complexity index is 410. The SMILES string of the molecule is CC(C)CCC(O)C#CC(C)(O)c1ccccc1. The smallest absolute Gasteiger partial charge is 0.148 e. The average Bonchev–Trinajstić information content (AvgIpc) is 2.35. The van der Waals surface area contributed by atoms with Gasteiger partial charge in [-0.05, 0) is 31.2 Å². The molecule has 0 aliphatic heterocycles. The van der Waals surface area contributed by atoms with Gasteiger partial charge in [-0.1, -0.05) is 56.0 Å². The lowest BCUT2D eigenvalue weighted by Crippen LogP contribution is -2.19. The molecule has 1 aromatic carbocycles. The first-order valence-electron chi connectivity index (χ1n) is 6.40. The molecule has 0 fully saturated rings. The van der Waals surface area contributed by atoms with E-state index in [0.717, 1.165) is 12.0 Å². The molecule has 0 aromatic heterocycles. The summed E-state index contributed by atoms with van der Waals surface area (Å²) in [4.78, 5) is 0. The number of rotatable bonds is 4. The Morgan fingerprint density at radius 1 is 1.17 bits per heavy atom. The Morgan fingerprint density at radius 3 is 2.33 bits per heavy atom. The second-order valence-corrected chi connectivity index (χ2v) is 5.19. The van der Waals surface area contributed by atoms with Crippen LogP contribution in [0.2, 0.25) is 0 Å². The van der Waals surface area contributed by atoms with Gasteiger partial charge in [0.05, 0.1) is 0 Å². The van der Waals surface area contributed by atoms with Gasteiger partial charge in [0.2, 0.25) is 0 Å². The largest absolute Gasteiger partial charge is 0.380 e. The highest BCUT2D eigenvalue weighted by Gasteiger charge is 2.19. The van der Waals surface area contributed by atoms with Gasteiger partial charge in [0.25, 0.3) is 0 Å². The maximum absolute atomic E-state index is 10.2. The summed E-state index contributed by atoms with van der Waals surface area (Å²) in [5, 5.41) is 20.0. The lowest BCUT2D eigenvalue weighted by molar-refractivity contribution is 0.121. The summed E-state index contributed by atoms with van der Waals surface area (Å²) in [6.45, 7) is 5.87. The summed E-state index contributed by atoms with van der Waals surface area (Å²) in [6.07, 6.45) is 0.918. The number of hydrogen-bond acceptors (Lipinski definition) is 2. The zero-order valence-electron chi connectivity index (χ0n) is 11.4. The van der Waals surface area contributed by atoms with Crippen molar-refractivity contribution in [1.29, 1.82) is 0 Å². The lowest BCUT2D eigenvalue weighted by atomic mass is 9.96. The normalized spacial score (nSPS) is 15.7. The monoisotopic (exact) mass is 246 g/mol. The van der Waals surface area contributed by atoms with Crippen LogP contribution in [0.5, 0.6) is 0 Å². The van der Waals surface area contributed by atoms with E-state index in [1.54, 1.807) is 6.92 Å². The first-order chi connectivity index (χ1) is 8.42. The fourth-order valence-electron chi connectivity index (χ4n) is 1.62. The molecular formula is C16H22O2. The molecule has 0 bridgehead atoms. The van der Waals surface area contributed by atoms with Crippen molar-refractivity contribution >= 4 is 0 Å². The predicted molar refractivity (Wildman–Crippen MR) is 73.9 cm³/mol. The molecule has 0 heterocycles. The zero-order valence-corrected chi connectivity index (χ0v) is 11.4. The summed E-state index contributed by atoms with van der Waals surface area (Å²) < 4.78 is 0. The second kappa shape index (κ2) is 6.58. The first-order valence-corrected chi connectivity index (χ1v) is 6.40. The molecule has 18 heavy (non-hydrogen) atoms. The molecule has 0 aliphatic carbocycles. The molecule has 2 heteroatoms. The summed E-state index contributed by atoms with van der Waals surface area (Å²) in [5.74, 6) is 6.04. The molecule has 2 N–H and O–H groups in total. The lowest BCUT2D eigenvalue weighted by Gasteiger charge is -2.17. The Balaban J connectivity index is 2.66. The Kier molecular flexibility index (Phi) is 5.40. The Morgan fingerprint density at radius 2 is 1.78 bits per heavy atom. The number of aliphatic hydroxyl groups excluding tert-OH is 1. The van der Waals surface area contributed by atoms with Crippen LogP contribution >= 0.6 is 0 Å². The Labute approximate surface area is 110 Å². The second-order valence-electron chi connectivity index (χ2n) is 5.19. The third-order valence-corrected chi connectivity index (χ3v) is 2.84. The van der Waals surface area contributed by atoms with Crippen molar-refractivity contribution in [1.82, 2.24) is 0 Å². The summed E-state index contributed by atoms with van der Waals surface area (Å²) in [6, 6.07) is 9.27. The predicted octanol–water partition coefficient (Wildman–Crippen LogP) is 2.69. The van der Waals surface area contributed by atoms with E-state index in [1.807, 2.05) is 30.3 Å². The van der Waals surface area contributed by atoms with Crippen LogP contribution < -0.4 is 0 Å². The van der Waals surface area contributed by atoms with Gasteiger partial charge < -0.3 is 10.2 Å². The van der Waals surface area contributed by atoms with Gasteiger partial charge in [-0.15, -0.1) is 0 Å². The van der Waals surface area contributed by atoms with Crippen LogP contribution in [0.15, 0.2) is 30.3 Å². The Hall–Kier alpha value is -1.30. The standard InChI is InChI=1S/C16H22O2/c1-13(2)9-10-15(17)11-12-16(3,18)14-7-5-4-6-8-14/h4-8,13,15,17-18H,9-10H2,1-3H3. The van der Waals surface area contributed by atoms with E-state index in [2.05, 4.69) is 25.7 Å². The van der Waals surface area contributed by atoms with Crippen LogP contribution in [0, 0.1) is 17.8 Å². The van der Waals surface area contributed by atoms with Crippen molar-refractivity contribution in [2.45, 2.75) is 45.3 Å². The topological polar surface area (TPSA) is 40.5 Å². The van der Waals surface area contributed by atoms with Crippen LogP contribution in [0.4, 0.5) is 0 Å². The van der Waals surface area contributed by atoms with E-state index >= 15 is 0 Å². The van der Waals surface area contributed by atoms with Gasteiger partial charge in [0.1, 0.15) is 11.7 Å². The summed E-state index contributed by atoms with van der Waals surface area (Å²) >= 11 is 0. The molecule has 0 spiro atoms. The van der Waals surface area contributed by atoms with Crippen LogP contribution in [0.3, 0.4) is 0 Å². The maximum Gasteiger partial charge on any atom is 0.148 e. The molecule has 98 valence electrons. The molecule has 0 aliphatic rings. The minimum Gasteiger partial charge on any atom is -0.380 e. The average molecular weight is 246 g/mol. The van der Waals surface area contributed by atoms with Gasteiger partial charge in [0, 0.05) is 0 Å². The third kappa shape index (κ3) is 4.91. The van der Waals surface area contributed by atoms with Crippen molar-refractivity contribution < 1.29 is 10.2 Å². The van der Waals surface area contributed by atoms with E-state index in [4.69, 9.17) is 0 Å². The highest BCUT2D eigenvalue weighted by atomic mass is 16.3. The molecule has 0 saturated heterocycles. The molecule has 0 radical (unpaired) electrons. The summed E-state index contributed by atoms with van der Waals surface area (Å²) in [5.41, 5.74) is -0.464. The number of benzene rings is 1. The molecule has 0 amide bonds. The van der Waals surface area contributed by atoms with Gasteiger partial charge >= 0.3 is 0 Å². The van der Waals surface area contributed by atoms with Crippen molar-refractivity contribution in [3.63, 3.8) is 0 Å². The molecule has 1 rings (SSSR count). The van der Waals surface area contributed by atoms with Crippen LogP contribution in [-0.2, 0) is 5.60 Å². The number of aliphatic hydroxyl groups is 2. The summed E-state index contributed by atoms with van der Waals surface area (Å²) in [7, 11) is 0. The molecule has 2 unspecified atom stereocenters. The van der Waals surface area contributed by atoms with Crippen LogP contribution in [0.1, 0.15) is 39.2 Å². The maximum atomic E-state index is 10.2. The van der Waals surface area contributed by atoms with E-state index in [0.29, 0.717) is 12.3 Å². The van der Waals surface area contributed by atoms with Crippen molar-refractivity contribution in [2.24, 2.45) is 5.92 Å². The minimum atomic E-state index is -1.21. The van der Waals surface area contributed by atoms with Crippen LogP contribution in [-0.4, -0.2) is 16.3 Å². The zero-order chi connectivity index (χ0) is 13.6. The molecule has 0 saturated carbocycles. The quantitative estimate of drug-likeness (QED) is 0.802. The highest BCUT2D eigenvalue weighted by Crippen LogP contribution is 2.19. The fraction of sp³-hybridized carbons (Fsp3) is 0.500. The third-order valence-electron chi connectivity index (χ3n) is 2.84. The van der Waals surface area contributed by atoms with Crippen LogP contribution in [0.25, 0.3) is 0 Å². The van der Waals surface area contributed by atoms with Crippen molar-refractivity contribution in [3.05, 3.63) is 35.9 Å². The molecule has 2 nitrogen and oxygen atoms in total. The van der Waals surface area contributed by atoms with Gasteiger partial charge in [-0.25, -0.2) is 0 Å². The van der Waals surface area contributed by atoms with E-state index < -0.39 is 11.7 Å². The van der Waals surface area contributed by atoms with Gasteiger partial charge in [-0.3, -0.25) is 0 Å². The van der Waals surface area contributed by atoms with Gasteiger partial charge in [0.15, 0.2) is 0 Å². The minimum absolute atomic E-state index is 0.552. The van der Waals surface area contributed by atoms with Crippen molar-refractivity contribution in [2.75, 3.05) is 0 Å². The fourth-order valence-corrected chi connectivity index (χ4v) is 1.62. The molecule has 1 aromatic rings. The highest BCUT2D eigenvalue weighted by molar-refractivity contribution is 5.31. The molecular weight excluding hydrogens is 224 g/mol.